The van der Waals surface area contributed by atoms with Crippen molar-refractivity contribution in [2.75, 3.05) is 0 Å². The summed E-state index contributed by atoms with van der Waals surface area (Å²) in [4.78, 5) is 16.1. The lowest BCUT2D eigenvalue weighted by Gasteiger charge is -1.99. The van der Waals surface area contributed by atoms with E-state index in [1.54, 1.807) is 30.5 Å². The molecule has 0 radical (unpaired) electrons. The van der Waals surface area contributed by atoms with Gasteiger partial charge in [-0.05, 0) is 24.3 Å². The van der Waals surface area contributed by atoms with E-state index in [0.29, 0.717) is 16.7 Å². The summed E-state index contributed by atoms with van der Waals surface area (Å²) in [5.74, 6) is -0.278. The number of carbonyl (C=O) groups excluding carboxylic acids is 1. The molecule has 0 amide bonds. The van der Waals surface area contributed by atoms with Gasteiger partial charge >= 0.3 is 0 Å². The first-order valence-electron chi connectivity index (χ1n) is 5.12. The predicted molar refractivity (Wildman–Crippen MR) is 61.5 cm³/mol. The molecular formula is C12H8N4O. The SMILES string of the molecule is O=C(c1ccccn1)n1nnc2ccccc21. The van der Waals surface area contributed by atoms with Crippen LogP contribution >= 0.6 is 0 Å². The Morgan fingerprint density at radius 2 is 1.88 bits per heavy atom. The molecule has 5 nitrogen and oxygen atoms in total. The summed E-state index contributed by atoms with van der Waals surface area (Å²) in [6.45, 7) is 0. The molecule has 2 aromatic heterocycles. The molecule has 0 bridgehead atoms. The Labute approximate surface area is 96.7 Å². The second kappa shape index (κ2) is 3.79. The minimum atomic E-state index is -0.278. The maximum atomic E-state index is 12.1. The number of pyridine rings is 1. The van der Waals surface area contributed by atoms with Crippen molar-refractivity contribution in [3.05, 3.63) is 54.4 Å². The number of rotatable bonds is 1. The third-order valence-corrected chi connectivity index (χ3v) is 2.43. The Balaban J connectivity index is 2.14. The highest BCUT2D eigenvalue weighted by atomic mass is 16.2. The highest BCUT2D eigenvalue weighted by molar-refractivity contribution is 5.98. The molecule has 0 spiro atoms. The van der Waals surface area contributed by atoms with Crippen molar-refractivity contribution in [1.82, 2.24) is 20.0 Å². The van der Waals surface area contributed by atoms with Crippen LogP contribution < -0.4 is 0 Å². The van der Waals surface area contributed by atoms with Crippen molar-refractivity contribution in [1.29, 1.82) is 0 Å². The summed E-state index contributed by atoms with van der Waals surface area (Å²) in [7, 11) is 0. The van der Waals surface area contributed by atoms with E-state index in [4.69, 9.17) is 0 Å². The van der Waals surface area contributed by atoms with E-state index < -0.39 is 0 Å². The summed E-state index contributed by atoms with van der Waals surface area (Å²) in [6.07, 6.45) is 1.58. The Kier molecular flexibility index (Phi) is 2.15. The number of hydrogen-bond donors (Lipinski definition) is 0. The number of benzene rings is 1. The molecule has 3 rings (SSSR count). The van der Waals surface area contributed by atoms with Gasteiger partial charge in [-0.1, -0.05) is 23.4 Å². The third kappa shape index (κ3) is 1.57. The van der Waals surface area contributed by atoms with Gasteiger partial charge in [-0.15, -0.1) is 5.10 Å². The van der Waals surface area contributed by atoms with Crippen LogP contribution in [0.25, 0.3) is 11.0 Å². The van der Waals surface area contributed by atoms with Gasteiger partial charge in [-0.25, -0.2) is 0 Å². The van der Waals surface area contributed by atoms with Gasteiger partial charge in [0.1, 0.15) is 11.2 Å². The molecule has 0 atom stereocenters. The van der Waals surface area contributed by atoms with Gasteiger partial charge in [-0.3, -0.25) is 9.78 Å². The van der Waals surface area contributed by atoms with Gasteiger partial charge in [0.2, 0.25) is 0 Å². The average molecular weight is 224 g/mol. The van der Waals surface area contributed by atoms with Crippen LogP contribution in [0, 0.1) is 0 Å². The van der Waals surface area contributed by atoms with Crippen molar-refractivity contribution in [3.63, 3.8) is 0 Å². The fourth-order valence-electron chi connectivity index (χ4n) is 1.62. The zero-order valence-electron chi connectivity index (χ0n) is 8.82. The average Bonchev–Trinajstić information content (AvgIpc) is 2.83. The lowest BCUT2D eigenvalue weighted by Crippen LogP contribution is -2.14. The molecular weight excluding hydrogens is 216 g/mol. The van der Waals surface area contributed by atoms with Crippen LogP contribution in [0.1, 0.15) is 10.5 Å². The third-order valence-electron chi connectivity index (χ3n) is 2.43. The summed E-state index contributed by atoms with van der Waals surface area (Å²) < 4.78 is 1.26. The van der Waals surface area contributed by atoms with Crippen molar-refractivity contribution < 1.29 is 4.79 Å². The van der Waals surface area contributed by atoms with Gasteiger partial charge in [0, 0.05) is 6.20 Å². The van der Waals surface area contributed by atoms with Crippen LogP contribution in [0.4, 0.5) is 0 Å². The summed E-state index contributed by atoms with van der Waals surface area (Å²) in [5, 5.41) is 7.78. The highest BCUT2D eigenvalue weighted by Crippen LogP contribution is 2.11. The Morgan fingerprint density at radius 1 is 1.06 bits per heavy atom. The van der Waals surface area contributed by atoms with Gasteiger partial charge < -0.3 is 0 Å². The van der Waals surface area contributed by atoms with E-state index in [1.807, 2.05) is 18.2 Å². The van der Waals surface area contributed by atoms with Crippen molar-refractivity contribution in [2.45, 2.75) is 0 Å². The van der Waals surface area contributed by atoms with Crippen molar-refractivity contribution in [3.8, 4) is 0 Å². The van der Waals surface area contributed by atoms with E-state index in [9.17, 15) is 4.79 Å². The molecule has 3 aromatic rings. The van der Waals surface area contributed by atoms with Crippen LogP contribution in [0.15, 0.2) is 48.7 Å². The first-order chi connectivity index (χ1) is 8.36. The summed E-state index contributed by atoms with van der Waals surface area (Å²) in [5.41, 5.74) is 1.73. The van der Waals surface area contributed by atoms with Crippen LogP contribution in [0.3, 0.4) is 0 Å². The number of nitrogens with zero attached hydrogens (tertiary/aromatic N) is 4. The molecule has 0 N–H and O–H groups in total. The molecule has 5 heteroatoms. The molecule has 17 heavy (non-hydrogen) atoms. The zero-order chi connectivity index (χ0) is 11.7. The fourth-order valence-corrected chi connectivity index (χ4v) is 1.62. The Bertz CT molecular complexity index is 675. The second-order valence-corrected chi connectivity index (χ2v) is 3.51. The first kappa shape index (κ1) is 9.65. The largest absolute Gasteiger partial charge is 0.298 e. The number of para-hydroxylation sites is 1. The molecule has 0 saturated carbocycles. The number of hydrogen-bond acceptors (Lipinski definition) is 4. The molecule has 1 aromatic carbocycles. The van der Waals surface area contributed by atoms with Crippen LogP contribution in [-0.2, 0) is 0 Å². The molecule has 0 fully saturated rings. The monoisotopic (exact) mass is 224 g/mol. The Morgan fingerprint density at radius 3 is 2.71 bits per heavy atom. The molecule has 0 aliphatic rings. The molecule has 82 valence electrons. The molecule has 0 saturated heterocycles. The Hall–Kier alpha value is -2.56. The predicted octanol–water partition coefficient (Wildman–Crippen LogP) is 1.51. The number of carbonyl (C=O) groups is 1. The van der Waals surface area contributed by atoms with E-state index in [-0.39, 0.29) is 5.91 Å². The normalized spacial score (nSPS) is 10.6. The maximum Gasteiger partial charge on any atom is 0.298 e. The van der Waals surface area contributed by atoms with Crippen LogP contribution in [0.2, 0.25) is 0 Å². The van der Waals surface area contributed by atoms with Gasteiger partial charge in [0.15, 0.2) is 0 Å². The standard InChI is InChI=1S/C12H8N4O/c17-12(10-6-3-4-8-13-10)16-11-7-2-1-5-9(11)14-15-16/h1-8H. The van der Waals surface area contributed by atoms with Crippen LogP contribution in [-0.4, -0.2) is 25.9 Å². The minimum Gasteiger partial charge on any atom is -0.265 e. The lowest BCUT2D eigenvalue weighted by atomic mass is 10.3. The van der Waals surface area contributed by atoms with E-state index >= 15 is 0 Å². The second-order valence-electron chi connectivity index (χ2n) is 3.51. The van der Waals surface area contributed by atoms with Gasteiger partial charge in [0.25, 0.3) is 5.91 Å². The summed E-state index contributed by atoms with van der Waals surface area (Å²) in [6, 6.07) is 12.5. The van der Waals surface area contributed by atoms with Crippen molar-refractivity contribution in [2.24, 2.45) is 0 Å². The number of fused-ring (bicyclic) bond motifs is 1. The van der Waals surface area contributed by atoms with E-state index in [0.717, 1.165) is 0 Å². The lowest BCUT2D eigenvalue weighted by molar-refractivity contribution is 0.0943. The quantitative estimate of drug-likeness (QED) is 0.628. The van der Waals surface area contributed by atoms with Crippen LogP contribution in [0.5, 0.6) is 0 Å². The maximum absolute atomic E-state index is 12.1. The molecule has 0 aliphatic carbocycles. The molecule has 2 heterocycles. The topological polar surface area (TPSA) is 60.7 Å². The number of aromatic nitrogens is 4. The summed E-state index contributed by atoms with van der Waals surface area (Å²) >= 11 is 0. The zero-order valence-corrected chi connectivity index (χ0v) is 8.82. The van der Waals surface area contributed by atoms with Crippen molar-refractivity contribution >= 4 is 16.9 Å². The smallest absolute Gasteiger partial charge is 0.265 e. The van der Waals surface area contributed by atoms with E-state index in [1.165, 1.54) is 4.68 Å². The van der Waals surface area contributed by atoms with Gasteiger partial charge in [0.05, 0.1) is 5.52 Å². The molecule has 0 unspecified atom stereocenters. The minimum absolute atomic E-state index is 0.278. The fraction of sp³-hybridized carbons (Fsp3) is 0. The van der Waals surface area contributed by atoms with E-state index in [2.05, 4.69) is 15.3 Å². The molecule has 0 aliphatic heterocycles. The first-order valence-corrected chi connectivity index (χ1v) is 5.12. The van der Waals surface area contributed by atoms with Gasteiger partial charge in [-0.2, -0.15) is 4.68 Å². The highest BCUT2D eigenvalue weighted by Gasteiger charge is 2.14.